The fraction of sp³-hybridized carbons (Fsp3) is 0.0833. The van der Waals surface area contributed by atoms with Gasteiger partial charge in [-0.3, -0.25) is 14.4 Å². The van der Waals surface area contributed by atoms with Crippen LogP contribution in [0, 0.1) is 0 Å². The largest absolute Gasteiger partial charge is 0.393 e. The molecule has 0 fully saturated rings. The molecular formula is C36H32O4. The first kappa shape index (κ1) is 29.5. The van der Waals surface area contributed by atoms with Gasteiger partial charge in [-0.1, -0.05) is 152 Å². The van der Waals surface area contributed by atoms with Gasteiger partial charge in [-0.25, -0.2) is 0 Å². The summed E-state index contributed by atoms with van der Waals surface area (Å²) in [5.41, 5.74) is 5.63. The van der Waals surface area contributed by atoms with Crippen LogP contribution >= 0.6 is 0 Å². The first-order chi connectivity index (χ1) is 19.5. The van der Waals surface area contributed by atoms with Crippen molar-refractivity contribution >= 4 is 17.7 Å². The van der Waals surface area contributed by atoms with Crippen molar-refractivity contribution in [3.05, 3.63) is 157 Å². The number of hydrogen-bond acceptors (Lipinski definition) is 4. The minimum absolute atomic E-state index is 0.350. The number of Topliss-reactive ketones (excluding diaryl/α,β-unsaturated/α-hetero) is 1. The Balaban J connectivity index is 0.000000167. The average Bonchev–Trinajstić information content (AvgIpc) is 3.00. The van der Waals surface area contributed by atoms with Crippen LogP contribution in [0.2, 0.25) is 0 Å². The van der Waals surface area contributed by atoms with Crippen molar-refractivity contribution in [2.45, 2.75) is 19.8 Å². The predicted octanol–water partition coefficient (Wildman–Crippen LogP) is 8.16. The van der Waals surface area contributed by atoms with Gasteiger partial charge in [0, 0.05) is 6.92 Å². The molecule has 0 amide bonds. The van der Waals surface area contributed by atoms with Crippen molar-refractivity contribution in [2.75, 3.05) is 0 Å². The summed E-state index contributed by atoms with van der Waals surface area (Å²) in [7, 11) is 0. The fourth-order valence-corrected chi connectivity index (χ4v) is 3.91. The third-order valence-corrected chi connectivity index (χ3v) is 5.78. The summed E-state index contributed by atoms with van der Waals surface area (Å²) in [5.74, 6) is -2.92. The standard InChI is InChI=1S/C12H12O4.2C12H10/c1-8(13)11(12(15)16-9(2)14)10-6-4-3-5-7-10;2*1-3-7-11(8-4-1)12-9-5-2-6-10-12/h3-7,11H,1-2H3;2*1-10H. The van der Waals surface area contributed by atoms with E-state index in [-0.39, 0.29) is 5.78 Å². The van der Waals surface area contributed by atoms with E-state index in [2.05, 4.69) is 102 Å². The second kappa shape index (κ2) is 16.0. The molecule has 0 spiro atoms. The smallest absolute Gasteiger partial charge is 0.328 e. The molecule has 40 heavy (non-hydrogen) atoms. The molecule has 0 aliphatic carbocycles. The van der Waals surface area contributed by atoms with Crippen LogP contribution in [0.25, 0.3) is 22.3 Å². The maximum Gasteiger partial charge on any atom is 0.328 e. The zero-order valence-corrected chi connectivity index (χ0v) is 22.6. The third kappa shape index (κ3) is 9.66. The number of ether oxygens (including phenoxy) is 1. The fourth-order valence-electron chi connectivity index (χ4n) is 3.91. The molecule has 4 nitrogen and oxygen atoms in total. The lowest BCUT2D eigenvalue weighted by atomic mass is 9.96. The predicted molar refractivity (Wildman–Crippen MR) is 160 cm³/mol. The van der Waals surface area contributed by atoms with Crippen LogP contribution in [-0.4, -0.2) is 17.7 Å². The molecule has 1 unspecified atom stereocenters. The minimum atomic E-state index is -1.02. The molecule has 0 radical (unpaired) electrons. The molecule has 0 aromatic heterocycles. The van der Waals surface area contributed by atoms with E-state index in [1.54, 1.807) is 30.3 Å². The van der Waals surface area contributed by atoms with Gasteiger partial charge in [-0.2, -0.15) is 0 Å². The molecule has 0 bridgehead atoms. The second-order valence-electron chi connectivity index (χ2n) is 8.83. The number of hydrogen-bond donors (Lipinski definition) is 0. The second-order valence-corrected chi connectivity index (χ2v) is 8.83. The summed E-state index contributed by atoms with van der Waals surface area (Å²) in [6.45, 7) is 2.42. The van der Waals surface area contributed by atoms with Gasteiger partial charge in [0.25, 0.3) is 0 Å². The van der Waals surface area contributed by atoms with E-state index in [4.69, 9.17) is 0 Å². The Kier molecular flexibility index (Phi) is 11.8. The van der Waals surface area contributed by atoms with E-state index in [0.29, 0.717) is 5.56 Å². The summed E-state index contributed by atoms with van der Waals surface area (Å²) in [5, 5.41) is 0. The highest BCUT2D eigenvalue weighted by Gasteiger charge is 2.27. The zero-order chi connectivity index (χ0) is 28.6. The van der Waals surface area contributed by atoms with Gasteiger partial charge in [0.2, 0.25) is 0 Å². The van der Waals surface area contributed by atoms with Gasteiger partial charge in [0.05, 0.1) is 0 Å². The van der Waals surface area contributed by atoms with Crippen LogP contribution < -0.4 is 0 Å². The normalized spacial score (nSPS) is 10.4. The van der Waals surface area contributed by atoms with Gasteiger partial charge in [0.1, 0.15) is 11.7 Å². The summed E-state index contributed by atoms with van der Waals surface area (Å²) in [6, 6.07) is 50.1. The van der Waals surface area contributed by atoms with E-state index in [1.165, 1.54) is 29.2 Å². The molecule has 200 valence electrons. The molecule has 5 aromatic rings. The van der Waals surface area contributed by atoms with Crippen LogP contribution in [0.1, 0.15) is 25.3 Å². The van der Waals surface area contributed by atoms with Gasteiger partial charge in [-0.05, 0) is 34.7 Å². The molecular weight excluding hydrogens is 496 g/mol. The third-order valence-electron chi connectivity index (χ3n) is 5.78. The van der Waals surface area contributed by atoms with Crippen LogP contribution in [0.15, 0.2) is 152 Å². The maximum atomic E-state index is 11.5. The first-order valence-corrected chi connectivity index (χ1v) is 12.9. The molecule has 4 heteroatoms. The van der Waals surface area contributed by atoms with Crippen LogP contribution in [0.5, 0.6) is 0 Å². The average molecular weight is 529 g/mol. The number of carbonyl (C=O) groups is 3. The van der Waals surface area contributed by atoms with Crippen LogP contribution in [-0.2, 0) is 19.1 Å². The molecule has 1 atom stereocenters. The quantitative estimate of drug-likeness (QED) is 0.171. The van der Waals surface area contributed by atoms with Crippen molar-refractivity contribution in [3.8, 4) is 22.3 Å². The summed E-state index contributed by atoms with van der Waals surface area (Å²) >= 11 is 0. The molecule has 0 saturated carbocycles. The number of ketones is 1. The zero-order valence-electron chi connectivity index (χ0n) is 22.6. The summed E-state index contributed by atoms with van der Waals surface area (Å²) in [6.07, 6.45) is 0. The molecule has 0 heterocycles. The Morgan fingerprint density at radius 2 is 0.725 bits per heavy atom. The Morgan fingerprint density at radius 1 is 0.450 bits per heavy atom. The van der Waals surface area contributed by atoms with Crippen molar-refractivity contribution in [3.63, 3.8) is 0 Å². The Hall–Kier alpha value is -5.09. The summed E-state index contributed by atoms with van der Waals surface area (Å²) in [4.78, 5) is 33.5. The lowest BCUT2D eigenvalue weighted by Crippen LogP contribution is -2.23. The molecule has 0 aliphatic heterocycles. The van der Waals surface area contributed by atoms with E-state index >= 15 is 0 Å². The number of esters is 2. The van der Waals surface area contributed by atoms with Gasteiger partial charge in [0.15, 0.2) is 0 Å². The molecule has 0 aliphatic rings. The topological polar surface area (TPSA) is 60.4 Å². The van der Waals surface area contributed by atoms with Crippen molar-refractivity contribution in [2.24, 2.45) is 0 Å². The van der Waals surface area contributed by atoms with Crippen molar-refractivity contribution < 1.29 is 19.1 Å². The molecule has 5 aromatic carbocycles. The van der Waals surface area contributed by atoms with Crippen LogP contribution in [0.4, 0.5) is 0 Å². The highest BCUT2D eigenvalue weighted by atomic mass is 16.6. The Bertz CT molecular complexity index is 1300. The highest BCUT2D eigenvalue weighted by Crippen LogP contribution is 2.19. The van der Waals surface area contributed by atoms with Crippen molar-refractivity contribution in [1.29, 1.82) is 0 Å². The lowest BCUT2D eigenvalue weighted by Gasteiger charge is -2.11. The van der Waals surface area contributed by atoms with Gasteiger partial charge >= 0.3 is 11.9 Å². The Morgan fingerprint density at radius 3 is 0.975 bits per heavy atom. The molecule has 0 N–H and O–H groups in total. The molecule has 5 rings (SSSR count). The SMILES string of the molecule is CC(=O)OC(=O)C(C(C)=O)c1ccccc1.c1ccc(-c2ccccc2)cc1.c1ccc(-c2ccccc2)cc1. The van der Waals surface area contributed by atoms with Crippen LogP contribution in [0.3, 0.4) is 0 Å². The highest BCUT2D eigenvalue weighted by molar-refractivity contribution is 6.05. The monoisotopic (exact) mass is 528 g/mol. The first-order valence-electron chi connectivity index (χ1n) is 12.9. The van der Waals surface area contributed by atoms with E-state index in [0.717, 1.165) is 6.92 Å². The lowest BCUT2D eigenvalue weighted by molar-refractivity contribution is -0.159. The van der Waals surface area contributed by atoms with Crippen molar-refractivity contribution in [1.82, 2.24) is 0 Å². The Labute approximate surface area is 235 Å². The van der Waals surface area contributed by atoms with E-state index < -0.39 is 17.9 Å². The van der Waals surface area contributed by atoms with Gasteiger partial charge in [-0.15, -0.1) is 0 Å². The van der Waals surface area contributed by atoms with E-state index in [1.807, 2.05) is 24.3 Å². The van der Waals surface area contributed by atoms with E-state index in [9.17, 15) is 14.4 Å². The number of benzene rings is 5. The minimum Gasteiger partial charge on any atom is -0.393 e. The number of rotatable bonds is 5. The molecule has 0 saturated heterocycles. The van der Waals surface area contributed by atoms with Gasteiger partial charge < -0.3 is 4.74 Å². The number of carbonyl (C=O) groups excluding carboxylic acids is 3. The maximum absolute atomic E-state index is 11.5. The summed E-state index contributed by atoms with van der Waals surface area (Å²) < 4.78 is 4.43.